The molecular formula is C17H10F3NOS2. The van der Waals surface area contributed by atoms with Crippen LogP contribution >= 0.6 is 24.0 Å². The molecule has 1 aliphatic rings. The van der Waals surface area contributed by atoms with Crippen LogP contribution in [0.5, 0.6) is 0 Å². The summed E-state index contributed by atoms with van der Waals surface area (Å²) in [5.74, 6) is -0.423. The largest absolute Gasteiger partial charge is 0.416 e. The van der Waals surface area contributed by atoms with Crippen molar-refractivity contribution in [2.45, 2.75) is 6.18 Å². The van der Waals surface area contributed by atoms with E-state index in [0.717, 1.165) is 34.4 Å². The van der Waals surface area contributed by atoms with E-state index in [-0.39, 0.29) is 10.0 Å². The van der Waals surface area contributed by atoms with Gasteiger partial charge in [0.25, 0.3) is 5.91 Å². The van der Waals surface area contributed by atoms with Crippen LogP contribution in [0, 0.1) is 0 Å². The van der Waals surface area contributed by atoms with Crippen molar-refractivity contribution in [3.05, 3.63) is 70.6 Å². The molecule has 1 aliphatic heterocycles. The predicted molar refractivity (Wildman–Crippen MR) is 93.5 cm³/mol. The van der Waals surface area contributed by atoms with Crippen molar-refractivity contribution in [1.82, 2.24) is 0 Å². The van der Waals surface area contributed by atoms with Crippen LogP contribution in [0.1, 0.15) is 11.1 Å². The Kier molecular flexibility index (Phi) is 4.47. The van der Waals surface area contributed by atoms with E-state index in [1.807, 2.05) is 30.3 Å². The van der Waals surface area contributed by atoms with Gasteiger partial charge in [-0.15, -0.1) is 0 Å². The van der Waals surface area contributed by atoms with E-state index in [4.69, 9.17) is 12.2 Å². The van der Waals surface area contributed by atoms with Gasteiger partial charge in [-0.05, 0) is 29.8 Å². The molecule has 0 spiro atoms. The van der Waals surface area contributed by atoms with Crippen molar-refractivity contribution in [3.8, 4) is 0 Å². The highest BCUT2D eigenvalue weighted by Crippen LogP contribution is 2.38. The van der Waals surface area contributed by atoms with Crippen molar-refractivity contribution in [3.63, 3.8) is 0 Å². The Morgan fingerprint density at radius 3 is 2.42 bits per heavy atom. The van der Waals surface area contributed by atoms with Crippen molar-refractivity contribution < 1.29 is 18.0 Å². The number of hydrogen-bond donors (Lipinski definition) is 0. The molecule has 0 aliphatic carbocycles. The highest BCUT2D eigenvalue weighted by atomic mass is 32.2. The Morgan fingerprint density at radius 2 is 1.75 bits per heavy atom. The second kappa shape index (κ2) is 6.41. The predicted octanol–water partition coefficient (Wildman–Crippen LogP) is 5.11. The Labute approximate surface area is 146 Å². The molecule has 3 rings (SSSR count). The first-order valence-electron chi connectivity index (χ1n) is 6.86. The summed E-state index contributed by atoms with van der Waals surface area (Å²) in [5.41, 5.74) is 0.118. The minimum Gasteiger partial charge on any atom is -0.268 e. The van der Waals surface area contributed by atoms with Crippen LogP contribution in [-0.4, -0.2) is 10.2 Å². The molecule has 1 heterocycles. The number of carbonyl (C=O) groups is 1. The fourth-order valence-electron chi connectivity index (χ4n) is 2.21. The first-order chi connectivity index (χ1) is 11.4. The second-order valence-electron chi connectivity index (χ2n) is 4.98. The van der Waals surface area contributed by atoms with Crippen LogP contribution in [0.2, 0.25) is 0 Å². The van der Waals surface area contributed by atoms with Gasteiger partial charge in [0.15, 0.2) is 4.32 Å². The highest BCUT2D eigenvalue weighted by molar-refractivity contribution is 8.27. The maximum Gasteiger partial charge on any atom is 0.416 e. The first-order valence-corrected chi connectivity index (χ1v) is 8.09. The van der Waals surface area contributed by atoms with Gasteiger partial charge in [-0.2, -0.15) is 13.2 Å². The maximum atomic E-state index is 12.9. The molecule has 122 valence electrons. The van der Waals surface area contributed by atoms with Crippen LogP contribution in [-0.2, 0) is 11.0 Å². The molecule has 0 unspecified atom stereocenters. The number of nitrogens with zero attached hydrogens (tertiary/aromatic N) is 1. The summed E-state index contributed by atoms with van der Waals surface area (Å²) < 4.78 is 38.8. The molecule has 0 bridgehead atoms. The van der Waals surface area contributed by atoms with Gasteiger partial charge in [0, 0.05) is 0 Å². The van der Waals surface area contributed by atoms with E-state index in [9.17, 15) is 18.0 Å². The lowest BCUT2D eigenvalue weighted by Crippen LogP contribution is -2.27. The zero-order valence-corrected chi connectivity index (χ0v) is 13.7. The Morgan fingerprint density at radius 1 is 1.04 bits per heavy atom. The van der Waals surface area contributed by atoms with Gasteiger partial charge in [0.05, 0.1) is 16.2 Å². The van der Waals surface area contributed by atoms with Crippen molar-refractivity contribution in [1.29, 1.82) is 0 Å². The molecule has 2 aromatic carbocycles. The zero-order valence-electron chi connectivity index (χ0n) is 12.1. The van der Waals surface area contributed by atoms with E-state index in [1.54, 1.807) is 6.08 Å². The summed E-state index contributed by atoms with van der Waals surface area (Å²) in [7, 11) is 0. The minimum absolute atomic E-state index is 0.115. The number of benzene rings is 2. The smallest absolute Gasteiger partial charge is 0.268 e. The summed E-state index contributed by atoms with van der Waals surface area (Å²) >= 11 is 6.25. The fourth-order valence-corrected chi connectivity index (χ4v) is 3.51. The Balaban J connectivity index is 1.94. The van der Waals surface area contributed by atoms with Crippen LogP contribution in [0.15, 0.2) is 59.5 Å². The highest BCUT2D eigenvalue weighted by Gasteiger charge is 2.35. The lowest BCUT2D eigenvalue weighted by Gasteiger charge is -2.16. The molecule has 2 nitrogen and oxygen atoms in total. The van der Waals surface area contributed by atoms with Gasteiger partial charge in [0.2, 0.25) is 0 Å². The molecule has 0 atom stereocenters. The molecule has 24 heavy (non-hydrogen) atoms. The van der Waals surface area contributed by atoms with Crippen LogP contribution in [0.3, 0.4) is 0 Å². The van der Waals surface area contributed by atoms with Gasteiger partial charge < -0.3 is 0 Å². The monoisotopic (exact) mass is 365 g/mol. The average molecular weight is 365 g/mol. The number of anilines is 1. The average Bonchev–Trinajstić information content (AvgIpc) is 2.82. The SMILES string of the molecule is O=C1/C(=C\c2ccccc2)SC(=S)N1c1cccc(C(F)(F)F)c1. The van der Waals surface area contributed by atoms with E-state index in [0.29, 0.717) is 4.91 Å². The van der Waals surface area contributed by atoms with Gasteiger partial charge in [-0.1, -0.05) is 60.4 Å². The number of carbonyl (C=O) groups excluding carboxylic acids is 1. The Bertz CT molecular complexity index is 831. The molecular weight excluding hydrogens is 355 g/mol. The number of alkyl halides is 3. The standard InChI is InChI=1S/C17H10F3NOS2/c18-17(19,20)12-7-4-8-13(10-12)21-15(22)14(24-16(21)23)9-11-5-2-1-3-6-11/h1-10H/b14-9+. The molecule has 1 amide bonds. The van der Waals surface area contributed by atoms with E-state index in [1.165, 1.54) is 12.1 Å². The summed E-state index contributed by atoms with van der Waals surface area (Å²) in [4.78, 5) is 14.1. The third kappa shape index (κ3) is 3.37. The maximum absolute atomic E-state index is 12.9. The van der Waals surface area contributed by atoms with Crippen LogP contribution in [0.25, 0.3) is 6.08 Å². The minimum atomic E-state index is -4.48. The summed E-state index contributed by atoms with van der Waals surface area (Å²) in [6, 6.07) is 13.8. The number of hydrogen-bond acceptors (Lipinski definition) is 3. The van der Waals surface area contributed by atoms with Crippen molar-refractivity contribution in [2.24, 2.45) is 0 Å². The van der Waals surface area contributed by atoms with E-state index in [2.05, 4.69) is 0 Å². The summed E-state index contributed by atoms with van der Waals surface area (Å²) in [5, 5.41) is 0. The molecule has 0 radical (unpaired) electrons. The molecule has 2 aromatic rings. The molecule has 0 saturated carbocycles. The summed E-state index contributed by atoms with van der Waals surface area (Å²) in [6.07, 6.45) is -2.80. The van der Waals surface area contributed by atoms with Crippen LogP contribution < -0.4 is 4.90 Å². The number of amides is 1. The number of rotatable bonds is 2. The van der Waals surface area contributed by atoms with Gasteiger partial charge in [-0.25, -0.2) is 0 Å². The number of thioether (sulfide) groups is 1. The van der Waals surface area contributed by atoms with E-state index < -0.39 is 17.6 Å². The number of halogens is 3. The normalized spacial score (nSPS) is 17.0. The fraction of sp³-hybridized carbons (Fsp3) is 0.0588. The lowest BCUT2D eigenvalue weighted by atomic mass is 10.1. The van der Waals surface area contributed by atoms with Gasteiger partial charge in [-0.3, -0.25) is 9.69 Å². The molecule has 0 aromatic heterocycles. The third-order valence-corrected chi connectivity index (χ3v) is 4.62. The second-order valence-corrected chi connectivity index (χ2v) is 6.65. The summed E-state index contributed by atoms with van der Waals surface area (Å²) in [6.45, 7) is 0. The first kappa shape index (κ1) is 16.7. The van der Waals surface area contributed by atoms with Crippen molar-refractivity contribution >= 4 is 46.0 Å². The van der Waals surface area contributed by atoms with E-state index >= 15 is 0 Å². The quantitative estimate of drug-likeness (QED) is 0.545. The lowest BCUT2D eigenvalue weighted by molar-refractivity contribution is -0.137. The zero-order chi connectivity index (χ0) is 17.3. The molecule has 1 fully saturated rings. The molecule has 7 heteroatoms. The van der Waals surface area contributed by atoms with Gasteiger partial charge >= 0.3 is 6.18 Å². The molecule has 0 N–H and O–H groups in total. The third-order valence-electron chi connectivity index (χ3n) is 3.32. The van der Waals surface area contributed by atoms with Crippen molar-refractivity contribution in [2.75, 3.05) is 4.90 Å². The molecule has 1 saturated heterocycles. The van der Waals surface area contributed by atoms with Crippen LogP contribution in [0.4, 0.5) is 18.9 Å². The van der Waals surface area contributed by atoms with Gasteiger partial charge in [0.1, 0.15) is 0 Å². The topological polar surface area (TPSA) is 20.3 Å². The number of thiocarbonyl (C=S) groups is 1. The Hall–Kier alpha value is -2.12.